The predicted octanol–water partition coefficient (Wildman–Crippen LogP) is 5.75. The van der Waals surface area contributed by atoms with E-state index in [2.05, 4.69) is 34.2 Å². The topological polar surface area (TPSA) is 31.6 Å². The predicted molar refractivity (Wildman–Crippen MR) is 131 cm³/mol. The average molecular weight is 412 g/mol. The number of benzene rings is 4. The van der Waals surface area contributed by atoms with Crippen LogP contribution in [-0.4, -0.2) is 17.8 Å². The van der Waals surface area contributed by atoms with Crippen molar-refractivity contribution in [2.24, 2.45) is 0 Å². The molecular weight excluding hydrogens is 394 g/mol. The molecule has 2 aromatic heterocycles. The number of hydrogen-bond acceptors (Lipinski definition) is 0. The van der Waals surface area contributed by atoms with Gasteiger partial charge in [-0.2, -0.15) is 0 Å². The highest BCUT2D eigenvalue weighted by Gasteiger charge is 2.30. The normalized spacial score (nSPS) is 14.7. The quantitative estimate of drug-likeness (QED) is 0.298. The zero-order valence-corrected chi connectivity index (χ0v) is 17.4. The van der Waals surface area contributed by atoms with Crippen LogP contribution in [-0.2, 0) is 25.7 Å². The number of H-pyrrole nitrogens is 2. The van der Waals surface area contributed by atoms with Crippen molar-refractivity contribution >= 4 is 56.9 Å². The van der Waals surface area contributed by atoms with Gasteiger partial charge in [0.25, 0.3) is 0 Å². The molecule has 2 radical (unpaired) electrons. The van der Waals surface area contributed by atoms with Crippen molar-refractivity contribution in [3.8, 4) is 11.1 Å². The smallest absolute Gasteiger partial charge is 0.123 e. The minimum atomic E-state index is -0.181. The molecule has 6 aromatic rings. The molecule has 32 heavy (non-hydrogen) atoms. The molecule has 0 unspecified atom stereocenters. The van der Waals surface area contributed by atoms with Crippen LogP contribution >= 0.6 is 0 Å². The lowest BCUT2D eigenvalue weighted by atomic mass is 9.74. The van der Waals surface area contributed by atoms with Crippen molar-refractivity contribution in [2.45, 2.75) is 25.7 Å². The number of aromatic nitrogens is 2. The molecule has 8 rings (SSSR count). The Kier molecular flexibility index (Phi) is 3.01. The van der Waals surface area contributed by atoms with Gasteiger partial charge in [-0.25, -0.2) is 4.39 Å². The van der Waals surface area contributed by atoms with E-state index in [0.717, 1.165) is 53.0 Å². The van der Waals surface area contributed by atoms with Crippen LogP contribution in [0.15, 0.2) is 48.5 Å². The van der Waals surface area contributed by atoms with Gasteiger partial charge in [0.1, 0.15) is 13.7 Å². The number of aromatic amines is 2. The van der Waals surface area contributed by atoms with Crippen LogP contribution in [0, 0.1) is 5.82 Å². The summed E-state index contributed by atoms with van der Waals surface area (Å²) in [7, 11) is 6.11. The second-order valence-corrected chi connectivity index (χ2v) is 9.37. The Morgan fingerprint density at radius 3 is 1.81 bits per heavy atom. The Hall–Kier alpha value is -3.53. The van der Waals surface area contributed by atoms with Crippen LogP contribution < -0.4 is 5.46 Å². The van der Waals surface area contributed by atoms with E-state index in [1.807, 2.05) is 12.1 Å². The molecule has 0 spiro atoms. The number of hydrogen-bond donors (Lipinski definition) is 2. The SMILES string of the molecule is [B]c1ccc2[nH]c3c4c5c(cc3c2c1)CCc1c-5c(cc2c1[nH]c1ccc(F)cc12)CC4. The molecular formula is C28H18BFN2. The summed E-state index contributed by atoms with van der Waals surface area (Å²) in [5.41, 5.74) is 13.9. The number of halogens is 1. The number of rotatable bonds is 0. The Bertz CT molecular complexity index is 1670. The summed E-state index contributed by atoms with van der Waals surface area (Å²) in [6.07, 6.45) is 4.03. The van der Waals surface area contributed by atoms with E-state index in [0.29, 0.717) is 0 Å². The molecule has 2 aliphatic carbocycles. The van der Waals surface area contributed by atoms with Gasteiger partial charge in [-0.15, -0.1) is 0 Å². The summed E-state index contributed by atoms with van der Waals surface area (Å²) >= 11 is 0. The zero-order valence-electron chi connectivity index (χ0n) is 17.4. The van der Waals surface area contributed by atoms with Crippen LogP contribution in [0.3, 0.4) is 0 Å². The van der Waals surface area contributed by atoms with E-state index in [1.54, 1.807) is 6.07 Å². The van der Waals surface area contributed by atoms with Crippen LogP contribution in [0.2, 0.25) is 0 Å². The van der Waals surface area contributed by atoms with Crippen molar-refractivity contribution in [1.82, 2.24) is 9.97 Å². The van der Waals surface area contributed by atoms with Gasteiger partial charge in [0.05, 0.1) is 11.0 Å². The Morgan fingerprint density at radius 1 is 0.625 bits per heavy atom. The van der Waals surface area contributed by atoms with Crippen molar-refractivity contribution in [3.05, 3.63) is 76.6 Å². The second-order valence-electron chi connectivity index (χ2n) is 9.37. The summed E-state index contributed by atoms with van der Waals surface area (Å²) < 4.78 is 14.0. The van der Waals surface area contributed by atoms with Gasteiger partial charge < -0.3 is 9.97 Å². The van der Waals surface area contributed by atoms with E-state index in [-0.39, 0.29) is 5.82 Å². The maximum absolute atomic E-state index is 14.0. The fraction of sp³-hybridized carbons (Fsp3) is 0.143. The van der Waals surface area contributed by atoms with Gasteiger partial charge in [0.2, 0.25) is 0 Å². The summed E-state index contributed by atoms with van der Waals surface area (Å²) in [5.74, 6) is -0.181. The van der Waals surface area contributed by atoms with Crippen LogP contribution in [0.5, 0.6) is 0 Å². The van der Waals surface area contributed by atoms with Gasteiger partial charge in [-0.3, -0.25) is 0 Å². The first-order valence-electron chi connectivity index (χ1n) is 11.3. The maximum Gasteiger partial charge on any atom is 0.123 e. The van der Waals surface area contributed by atoms with E-state index < -0.39 is 0 Å². The van der Waals surface area contributed by atoms with Gasteiger partial charge in [0.15, 0.2) is 0 Å². The number of fused-ring (bicyclic) bond motifs is 8. The van der Waals surface area contributed by atoms with E-state index in [9.17, 15) is 4.39 Å². The number of nitrogens with one attached hydrogen (secondary N) is 2. The lowest BCUT2D eigenvalue weighted by molar-refractivity contribution is 0.630. The molecule has 0 saturated heterocycles. The molecule has 0 atom stereocenters. The Morgan fingerprint density at radius 2 is 1.19 bits per heavy atom. The third kappa shape index (κ3) is 2.01. The first-order valence-corrected chi connectivity index (χ1v) is 11.3. The maximum atomic E-state index is 14.0. The molecule has 4 aromatic carbocycles. The van der Waals surface area contributed by atoms with Crippen molar-refractivity contribution in [1.29, 1.82) is 0 Å². The summed E-state index contributed by atoms with van der Waals surface area (Å²) in [6, 6.07) is 15.9. The van der Waals surface area contributed by atoms with Crippen molar-refractivity contribution in [3.63, 3.8) is 0 Å². The Labute approximate surface area is 184 Å². The first-order chi connectivity index (χ1) is 15.7. The lowest BCUT2D eigenvalue weighted by Crippen LogP contribution is -2.15. The summed E-state index contributed by atoms with van der Waals surface area (Å²) in [6.45, 7) is 0. The van der Waals surface area contributed by atoms with Gasteiger partial charge in [0, 0.05) is 32.6 Å². The standard InChI is InChI=1S/C28H18BFN2/c29-15-3-7-23-19(11-15)21-9-13-1-6-18-26-14(2-5-17(25(13)26)27(21)31-23)10-22-20-12-16(30)4-8-24(20)32-28(18)22/h3-4,7-12,31-32H,1-2,5-6H2. The van der Waals surface area contributed by atoms with E-state index >= 15 is 0 Å². The highest BCUT2D eigenvalue weighted by atomic mass is 19.1. The minimum Gasteiger partial charge on any atom is -0.354 e. The third-order valence-corrected chi connectivity index (χ3v) is 7.69. The highest BCUT2D eigenvalue weighted by Crippen LogP contribution is 2.48. The summed E-state index contributed by atoms with van der Waals surface area (Å²) in [5, 5.41) is 4.64. The van der Waals surface area contributed by atoms with Crippen molar-refractivity contribution < 1.29 is 4.39 Å². The summed E-state index contributed by atoms with van der Waals surface area (Å²) in [4.78, 5) is 7.31. The molecule has 2 heterocycles. The monoisotopic (exact) mass is 412 g/mol. The van der Waals surface area contributed by atoms with Crippen LogP contribution in [0.4, 0.5) is 4.39 Å². The van der Waals surface area contributed by atoms with E-state index in [4.69, 9.17) is 7.85 Å². The third-order valence-electron chi connectivity index (χ3n) is 7.69. The largest absolute Gasteiger partial charge is 0.354 e. The average Bonchev–Trinajstić information content (AvgIpc) is 3.34. The van der Waals surface area contributed by atoms with Crippen LogP contribution in [0.25, 0.3) is 54.7 Å². The van der Waals surface area contributed by atoms with E-state index in [1.165, 1.54) is 61.3 Å². The van der Waals surface area contributed by atoms with Crippen molar-refractivity contribution in [2.75, 3.05) is 0 Å². The minimum absolute atomic E-state index is 0.181. The molecule has 150 valence electrons. The van der Waals surface area contributed by atoms with Crippen LogP contribution in [0.1, 0.15) is 22.3 Å². The fourth-order valence-electron chi connectivity index (χ4n) is 6.36. The van der Waals surface area contributed by atoms with Gasteiger partial charge >= 0.3 is 0 Å². The van der Waals surface area contributed by atoms with Gasteiger partial charge in [-0.1, -0.05) is 17.6 Å². The molecule has 0 bridgehead atoms. The molecule has 2 aliphatic rings. The highest BCUT2D eigenvalue weighted by molar-refractivity contribution is 6.34. The lowest BCUT2D eigenvalue weighted by Gasteiger charge is -2.30. The first kappa shape index (κ1) is 17.1. The number of aryl methyl sites for hydroxylation is 4. The fourth-order valence-corrected chi connectivity index (χ4v) is 6.36. The molecule has 0 fully saturated rings. The molecule has 0 saturated carbocycles. The second kappa shape index (κ2) is 5.63. The zero-order chi connectivity index (χ0) is 21.1. The molecule has 2 N–H and O–H groups in total. The molecule has 0 aliphatic heterocycles. The molecule has 4 heteroatoms. The Balaban J connectivity index is 1.51. The van der Waals surface area contributed by atoms with Gasteiger partial charge in [-0.05, 0) is 95.5 Å². The molecule has 0 amide bonds. The molecule has 2 nitrogen and oxygen atoms in total.